The summed E-state index contributed by atoms with van der Waals surface area (Å²) >= 11 is 0. The summed E-state index contributed by atoms with van der Waals surface area (Å²) in [6, 6.07) is 21.7. The average molecular weight is 468 g/mol. The SMILES string of the molecule is Cc1ccc([C@H](C)CN[C@H](C(=O)Nc2ccc(-c3c(C)nn(C)c3C)cn2)c2ccccc2)cc1. The molecule has 0 saturated heterocycles. The Labute approximate surface area is 207 Å². The first kappa shape index (κ1) is 24.4. The number of amides is 1. The van der Waals surface area contributed by atoms with E-state index in [1.807, 2.05) is 68.0 Å². The van der Waals surface area contributed by atoms with E-state index in [0.29, 0.717) is 12.4 Å². The molecule has 0 unspecified atom stereocenters. The second kappa shape index (κ2) is 10.7. The average Bonchev–Trinajstić information content (AvgIpc) is 3.11. The maximum Gasteiger partial charge on any atom is 0.247 e. The number of anilines is 1. The molecule has 0 radical (unpaired) electrons. The summed E-state index contributed by atoms with van der Waals surface area (Å²) in [5, 5.41) is 11.0. The van der Waals surface area contributed by atoms with Gasteiger partial charge in [-0.05, 0) is 49.9 Å². The smallest absolute Gasteiger partial charge is 0.247 e. The quantitative estimate of drug-likeness (QED) is 0.360. The fraction of sp³-hybridized carbons (Fsp3) is 0.276. The van der Waals surface area contributed by atoms with Crippen molar-refractivity contribution in [1.82, 2.24) is 20.1 Å². The number of aromatic nitrogens is 3. The lowest BCUT2D eigenvalue weighted by Crippen LogP contribution is -2.35. The molecule has 6 heteroatoms. The topological polar surface area (TPSA) is 71.8 Å². The first-order valence-electron chi connectivity index (χ1n) is 12.0. The number of hydrogen-bond acceptors (Lipinski definition) is 4. The van der Waals surface area contributed by atoms with Gasteiger partial charge in [-0.2, -0.15) is 5.10 Å². The van der Waals surface area contributed by atoms with E-state index >= 15 is 0 Å². The lowest BCUT2D eigenvalue weighted by molar-refractivity contribution is -0.118. The zero-order valence-corrected chi connectivity index (χ0v) is 21.0. The molecular weight excluding hydrogens is 434 g/mol. The molecule has 0 saturated carbocycles. The van der Waals surface area contributed by atoms with Crippen LogP contribution in [0.2, 0.25) is 0 Å². The third-order valence-electron chi connectivity index (χ3n) is 6.48. The van der Waals surface area contributed by atoms with Crippen LogP contribution < -0.4 is 10.6 Å². The fourth-order valence-electron chi connectivity index (χ4n) is 4.32. The van der Waals surface area contributed by atoms with E-state index in [9.17, 15) is 4.79 Å². The van der Waals surface area contributed by atoms with Crippen molar-refractivity contribution >= 4 is 11.7 Å². The van der Waals surface area contributed by atoms with E-state index in [2.05, 4.69) is 58.8 Å². The minimum absolute atomic E-state index is 0.138. The van der Waals surface area contributed by atoms with Crippen LogP contribution in [0.4, 0.5) is 5.82 Å². The van der Waals surface area contributed by atoms with E-state index in [1.165, 1.54) is 11.1 Å². The molecule has 0 aliphatic heterocycles. The Hall–Kier alpha value is -3.77. The van der Waals surface area contributed by atoms with Crippen LogP contribution in [-0.2, 0) is 11.8 Å². The predicted octanol–water partition coefficient (Wildman–Crippen LogP) is 5.48. The van der Waals surface area contributed by atoms with Crippen molar-refractivity contribution in [2.75, 3.05) is 11.9 Å². The molecule has 0 spiro atoms. The number of pyridine rings is 1. The number of benzene rings is 2. The van der Waals surface area contributed by atoms with Crippen molar-refractivity contribution in [3.63, 3.8) is 0 Å². The predicted molar refractivity (Wildman–Crippen MR) is 141 cm³/mol. The molecule has 180 valence electrons. The van der Waals surface area contributed by atoms with E-state index < -0.39 is 6.04 Å². The third kappa shape index (κ3) is 5.66. The molecule has 0 aliphatic carbocycles. The maximum atomic E-state index is 13.3. The zero-order valence-electron chi connectivity index (χ0n) is 21.0. The van der Waals surface area contributed by atoms with E-state index in [0.717, 1.165) is 28.1 Å². The van der Waals surface area contributed by atoms with Gasteiger partial charge in [0.25, 0.3) is 0 Å². The van der Waals surface area contributed by atoms with Crippen molar-refractivity contribution in [3.8, 4) is 11.1 Å². The molecule has 0 bridgehead atoms. The van der Waals surface area contributed by atoms with Crippen LogP contribution in [-0.4, -0.2) is 27.2 Å². The Morgan fingerprint density at radius 3 is 2.26 bits per heavy atom. The summed E-state index contributed by atoms with van der Waals surface area (Å²) < 4.78 is 1.87. The molecule has 2 aromatic carbocycles. The van der Waals surface area contributed by atoms with Crippen LogP contribution in [0.25, 0.3) is 11.1 Å². The second-order valence-corrected chi connectivity index (χ2v) is 9.15. The van der Waals surface area contributed by atoms with Gasteiger partial charge in [0.15, 0.2) is 0 Å². The highest BCUT2D eigenvalue weighted by atomic mass is 16.2. The fourth-order valence-corrected chi connectivity index (χ4v) is 4.32. The Bertz CT molecular complexity index is 1280. The Kier molecular flexibility index (Phi) is 7.42. The maximum absolute atomic E-state index is 13.3. The summed E-state index contributed by atoms with van der Waals surface area (Å²) in [6.07, 6.45) is 1.79. The number of carbonyl (C=O) groups excluding carboxylic acids is 1. The number of carbonyl (C=O) groups is 1. The van der Waals surface area contributed by atoms with Gasteiger partial charge in [-0.3, -0.25) is 9.48 Å². The van der Waals surface area contributed by atoms with E-state index in [1.54, 1.807) is 6.20 Å². The molecule has 4 rings (SSSR count). The highest BCUT2D eigenvalue weighted by Crippen LogP contribution is 2.27. The molecule has 2 aromatic heterocycles. The Morgan fingerprint density at radius 1 is 0.943 bits per heavy atom. The molecule has 0 aliphatic rings. The van der Waals surface area contributed by atoms with Crippen LogP contribution in [0.1, 0.15) is 47.0 Å². The highest BCUT2D eigenvalue weighted by Gasteiger charge is 2.22. The van der Waals surface area contributed by atoms with Gasteiger partial charge in [0, 0.05) is 36.6 Å². The van der Waals surface area contributed by atoms with Gasteiger partial charge in [-0.1, -0.05) is 67.1 Å². The van der Waals surface area contributed by atoms with Gasteiger partial charge in [-0.25, -0.2) is 4.98 Å². The van der Waals surface area contributed by atoms with Crippen molar-refractivity contribution in [3.05, 3.63) is 101 Å². The third-order valence-corrected chi connectivity index (χ3v) is 6.48. The largest absolute Gasteiger partial charge is 0.309 e. The van der Waals surface area contributed by atoms with Gasteiger partial charge >= 0.3 is 0 Å². The zero-order chi connectivity index (χ0) is 24.9. The van der Waals surface area contributed by atoms with Crippen molar-refractivity contribution in [2.24, 2.45) is 7.05 Å². The lowest BCUT2D eigenvalue weighted by Gasteiger charge is -2.21. The van der Waals surface area contributed by atoms with Crippen LogP contribution in [0.3, 0.4) is 0 Å². The number of hydrogen-bond donors (Lipinski definition) is 2. The normalized spacial score (nSPS) is 12.8. The minimum atomic E-state index is -0.492. The molecule has 35 heavy (non-hydrogen) atoms. The van der Waals surface area contributed by atoms with Crippen molar-refractivity contribution in [2.45, 2.75) is 39.7 Å². The van der Waals surface area contributed by atoms with Crippen molar-refractivity contribution in [1.29, 1.82) is 0 Å². The van der Waals surface area contributed by atoms with Crippen LogP contribution in [0, 0.1) is 20.8 Å². The number of nitrogens with one attached hydrogen (secondary N) is 2. The molecule has 6 nitrogen and oxygen atoms in total. The summed E-state index contributed by atoms with van der Waals surface area (Å²) in [5.41, 5.74) is 7.50. The lowest BCUT2D eigenvalue weighted by atomic mass is 9.98. The molecule has 2 heterocycles. The summed E-state index contributed by atoms with van der Waals surface area (Å²) in [4.78, 5) is 17.9. The van der Waals surface area contributed by atoms with Gasteiger partial charge in [0.05, 0.1) is 5.69 Å². The monoisotopic (exact) mass is 467 g/mol. The van der Waals surface area contributed by atoms with Crippen LogP contribution in [0.15, 0.2) is 72.9 Å². The molecule has 1 amide bonds. The van der Waals surface area contributed by atoms with Crippen LogP contribution >= 0.6 is 0 Å². The number of rotatable bonds is 8. The second-order valence-electron chi connectivity index (χ2n) is 9.15. The van der Waals surface area contributed by atoms with Crippen molar-refractivity contribution < 1.29 is 4.79 Å². The van der Waals surface area contributed by atoms with E-state index in [4.69, 9.17) is 0 Å². The molecular formula is C29H33N5O. The first-order chi connectivity index (χ1) is 16.8. The summed E-state index contributed by atoms with van der Waals surface area (Å²) in [5.74, 6) is 0.645. The Balaban J connectivity index is 1.49. The van der Waals surface area contributed by atoms with Gasteiger partial charge in [0.2, 0.25) is 5.91 Å². The molecule has 2 N–H and O–H groups in total. The molecule has 2 atom stereocenters. The highest BCUT2D eigenvalue weighted by molar-refractivity contribution is 5.95. The minimum Gasteiger partial charge on any atom is -0.309 e. The standard InChI is InChI=1S/C29H33N5O/c1-19-11-13-23(14-12-19)20(2)17-31-28(24-9-7-6-8-10-24)29(35)32-26-16-15-25(18-30-26)27-21(3)33-34(5)22(27)4/h6-16,18,20,28,31H,17H2,1-5H3,(H,30,32,35)/t20-,28+/m1/s1. The Morgan fingerprint density at radius 2 is 1.66 bits per heavy atom. The van der Waals surface area contributed by atoms with Gasteiger partial charge < -0.3 is 10.6 Å². The summed E-state index contributed by atoms with van der Waals surface area (Å²) in [6.45, 7) is 8.95. The van der Waals surface area contributed by atoms with Gasteiger partial charge in [-0.15, -0.1) is 0 Å². The first-order valence-corrected chi connectivity index (χ1v) is 12.0. The molecule has 4 aromatic rings. The number of aryl methyl sites for hydroxylation is 3. The summed E-state index contributed by atoms with van der Waals surface area (Å²) in [7, 11) is 1.93. The van der Waals surface area contributed by atoms with E-state index in [-0.39, 0.29) is 11.8 Å². The number of nitrogens with zero attached hydrogens (tertiary/aromatic N) is 3. The van der Waals surface area contributed by atoms with Gasteiger partial charge in [0.1, 0.15) is 11.9 Å². The van der Waals surface area contributed by atoms with Crippen LogP contribution in [0.5, 0.6) is 0 Å². The molecule has 0 fully saturated rings.